The second kappa shape index (κ2) is 20.1. The van der Waals surface area contributed by atoms with Crippen LogP contribution in [0.2, 0.25) is 10.1 Å². The van der Waals surface area contributed by atoms with Gasteiger partial charge in [-0.15, -0.1) is 0 Å². The standard InChI is InChI=1S/C50H65NO5SSi2/c1-41(2)36-37-51(43(23-21-22-38-52)40-56-59(50(6,7)8,47-28-17-11-18-29-47)48-30-19-12-20-31-48)57(53,54)44-34-32-42(33-35-44)39-55-58(49(3,4)5,45-24-13-9-14-25-45)46-26-15-10-16-27-46/h9-20,24-35,38,41,43H,21-23,36-37,39-40H2,1-8H3/t43-/m0/s1. The van der Waals surface area contributed by atoms with Crippen LogP contribution in [-0.2, 0) is 30.3 Å². The third kappa shape index (κ3) is 10.5. The van der Waals surface area contributed by atoms with Crippen molar-refractivity contribution in [3.63, 3.8) is 0 Å². The van der Waals surface area contributed by atoms with Crippen molar-refractivity contribution >= 4 is 53.7 Å². The normalized spacial score (nSPS) is 13.5. The number of rotatable bonds is 20. The van der Waals surface area contributed by atoms with Gasteiger partial charge in [0.2, 0.25) is 10.0 Å². The molecule has 59 heavy (non-hydrogen) atoms. The van der Waals surface area contributed by atoms with Crippen molar-refractivity contribution in [1.29, 1.82) is 0 Å². The number of hydrogen-bond acceptors (Lipinski definition) is 5. The molecule has 0 amide bonds. The average molecular weight is 848 g/mol. The summed E-state index contributed by atoms with van der Waals surface area (Å²) >= 11 is 0. The van der Waals surface area contributed by atoms with E-state index in [-0.39, 0.29) is 27.5 Å². The van der Waals surface area contributed by atoms with Crippen molar-refractivity contribution in [1.82, 2.24) is 4.31 Å². The first-order chi connectivity index (χ1) is 28.1. The van der Waals surface area contributed by atoms with Gasteiger partial charge in [-0.1, -0.05) is 189 Å². The van der Waals surface area contributed by atoms with Gasteiger partial charge < -0.3 is 13.6 Å². The number of unbranched alkanes of at least 4 members (excludes halogenated alkanes) is 1. The fourth-order valence-electron chi connectivity index (χ4n) is 8.46. The Balaban J connectivity index is 1.51. The molecule has 0 radical (unpaired) electrons. The number of benzene rings is 5. The van der Waals surface area contributed by atoms with Gasteiger partial charge in [-0.25, -0.2) is 8.42 Å². The Morgan fingerprint density at radius 1 is 0.593 bits per heavy atom. The van der Waals surface area contributed by atoms with Gasteiger partial charge in [0, 0.05) is 19.0 Å². The summed E-state index contributed by atoms with van der Waals surface area (Å²) < 4.78 is 46.2. The van der Waals surface area contributed by atoms with Crippen molar-refractivity contribution in [3.8, 4) is 0 Å². The van der Waals surface area contributed by atoms with Crippen LogP contribution < -0.4 is 20.7 Å². The van der Waals surface area contributed by atoms with Gasteiger partial charge >= 0.3 is 0 Å². The molecule has 5 aromatic rings. The summed E-state index contributed by atoms with van der Waals surface area (Å²) in [5, 5.41) is 4.19. The number of nitrogens with zero attached hydrogens (tertiary/aromatic N) is 1. The maximum absolute atomic E-state index is 15.0. The molecule has 5 aromatic carbocycles. The van der Waals surface area contributed by atoms with E-state index in [0.717, 1.165) is 22.2 Å². The van der Waals surface area contributed by atoms with Crippen molar-refractivity contribution in [3.05, 3.63) is 151 Å². The number of carbonyl (C=O) groups is 1. The summed E-state index contributed by atoms with van der Waals surface area (Å²) in [5.41, 5.74) is 0.906. The van der Waals surface area contributed by atoms with E-state index >= 15 is 0 Å². The second-order valence-electron chi connectivity index (χ2n) is 18.1. The highest BCUT2D eigenvalue weighted by atomic mass is 32.2. The summed E-state index contributed by atoms with van der Waals surface area (Å²) in [6.07, 6.45) is 3.02. The third-order valence-corrected chi connectivity index (χ3v) is 23.5. The summed E-state index contributed by atoms with van der Waals surface area (Å²) in [6, 6.07) is 48.7. The van der Waals surface area contributed by atoms with Gasteiger partial charge in [-0.3, -0.25) is 0 Å². The molecule has 0 fully saturated rings. The molecule has 0 aliphatic carbocycles. The number of carbonyl (C=O) groups excluding carboxylic acids is 1. The lowest BCUT2D eigenvalue weighted by Gasteiger charge is -2.44. The van der Waals surface area contributed by atoms with E-state index in [9.17, 15) is 13.2 Å². The van der Waals surface area contributed by atoms with Crippen molar-refractivity contribution in [2.24, 2.45) is 5.92 Å². The highest BCUT2D eigenvalue weighted by Gasteiger charge is 2.52. The molecule has 0 aliphatic heterocycles. The zero-order valence-corrected chi connectivity index (χ0v) is 39.3. The molecule has 0 bridgehead atoms. The largest absolute Gasteiger partial charge is 0.406 e. The molecule has 0 N–H and O–H groups in total. The molecular formula is C50H65NO5SSi2. The van der Waals surface area contributed by atoms with E-state index in [4.69, 9.17) is 8.85 Å². The molecule has 5 rings (SSSR count). The van der Waals surface area contributed by atoms with Crippen LogP contribution in [0.1, 0.15) is 86.6 Å². The zero-order valence-electron chi connectivity index (χ0n) is 36.4. The van der Waals surface area contributed by atoms with Crippen LogP contribution in [-0.4, -0.2) is 54.8 Å². The number of aldehydes is 1. The first-order valence-electron chi connectivity index (χ1n) is 21.1. The van der Waals surface area contributed by atoms with Crippen LogP contribution in [0.25, 0.3) is 0 Å². The molecular weight excluding hydrogens is 783 g/mol. The summed E-state index contributed by atoms with van der Waals surface area (Å²) in [6.45, 7) is 18.6. The maximum atomic E-state index is 15.0. The number of sulfonamides is 1. The molecule has 0 unspecified atom stereocenters. The van der Waals surface area contributed by atoms with Crippen LogP contribution in [0.15, 0.2) is 150 Å². The van der Waals surface area contributed by atoms with Crippen LogP contribution in [0.4, 0.5) is 0 Å². The van der Waals surface area contributed by atoms with E-state index in [1.807, 2.05) is 36.4 Å². The monoisotopic (exact) mass is 847 g/mol. The lowest BCUT2D eigenvalue weighted by atomic mass is 10.1. The quantitative estimate of drug-likeness (QED) is 0.0444. The lowest BCUT2D eigenvalue weighted by molar-refractivity contribution is -0.108. The summed E-state index contributed by atoms with van der Waals surface area (Å²) in [7, 11) is -9.77. The molecule has 1 atom stereocenters. The molecule has 314 valence electrons. The molecule has 0 aliphatic rings. The first kappa shape index (κ1) is 46.1. The van der Waals surface area contributed by atoms with Gasteiger partial charge in [0.15, 0.2) is 0 Å². The van der Waals surface area contributed by atoms with Crippen molar-refractivity contribution in [2.45, 2.75) is 109 Å². The van der Waals surface area contributed by atoms with E-state index in [2.05, 4.69) is 152 Å². The van der Waals surface area contributed by atoms with Crippen LogP contribution in [0.3, 0.4) is 0 Å². The molecule has 0 aromatic heterocycles. The highest BCUT2D eigenvalue weighted by Crippen LogP contribution is 2.39. The topological polar surface area (TPSA) is 72.9 Å². The van der Waals surface area contributed by atoms with Crippen LogP contribution >= 0.6 is 0 Å². The Bertz CT molecular complexity index is 2060. The zero-order chi connectivity index (χ0) is 42.7. The van der Waals surface area contributed by atoms with E-state index in [1.165, 1.54) is 10.4 Å². The molecule has 0 saturated heterocycles. The maximum Gasteiger partial charge on any atom is 0.261 e. The lowest BCUT2D eigenvalue weighted by Crippen LogP contribution is -2.67. The second-order valence-corrected chi connectivity index (χ2v) is 28.6. The Morgan fingerprint density at radius 3 is 1.37 bits per heavy atom. The Labute approximate surface area is 357 Å². The molecule has 0 saturated carbocycles. The molecule has 9 heteroatoms. The van der Waals surface area contributed by atoms with Crippen molar-refractivity contribution < 1.29 is 22.1 Å². The molecule has 0 spiro atoms. The highest BCUT2D eigenvalue weighted by molar-refractivity contribution is 7.89. The van der Waals surface area contributed by atoms with Crippen LogP contribution in [0.5, 0.6) is 0 Å². The smallest absolute Gasteiger partial charge is 0.261 e. The van der Waals surface area contributed by atoms with Crippen molar-refractivity contribution in [2.75, 3.05) is 13.2 Å². The minimum absolute atomic E-state index is 0.189. The Morgan fingerprint density at radius 2 is 1.00 bits per heavy atom. The first-order valence-corrected chi connectivity index (χ1v) is 26.4. The summed E-state index contributed by atoms with van der Waals surface area (Å²) in [5.74, 6) is 0.280. The van der Waals surface area contributed by atoms with Crippen LogP contribution in [0, 0.1) is 5.92 Å². The fourth-order valence-corrected chi connectivity index (χ4v) is 19.3. The van der Waals surface area contributed by atoms with Gasteiger partial charge in [0.25, 0.3) is 16.6 Å². The fraction of sp³-hybridized carbons (Fsp3) is 0.380. The predicted molar refractivity (Wildman–Crippen MR) is 249 cm³/mol. The molecule has 0 heterocycles. The molecule has 6 nitrogen and oxygen atoms in total. The average Bonchev–Trinajstić information content (AvgIpc) is 3.22. The Kier molecular flexibility index (Phi) is 15.7. The van der Waals surface area contributed by atoms with Gasteiger partial charge in [0.05, 0.1) is 18.1 Å². The van der Waals surface area contributed by atoms with Gasteiger partial charge in [-0.2, -0.15) is 4.31 Å². The summed E-state index contributed by atoms with van der Waals surface area (Å²) in [4.78, 5) is 11.8. The SMILES string of the molecule is CC(C)CCN([C@@H](CCCC=O)CO[Si](c1ccccc1)(c1ccccc1)C(C)(C)C)S(=O)(=O)c1ccc(CO[Si](c2ccccc2)(c2ccccc2)C(C)(C)C)cc1. The van der Waals surface area contributed by atoms with E-state index in [0.29, 0.717) is 38.8 Å². The predicted octanol–water partition coefficient (Wildman–Crippen LogP) is 9.11. The minimum atomic E-state index is -3.99. The minimum Gasteiger partial charge on any atom is -0.406 e. The third-order valence-electron chi connectivity index (χ3n) is 11.5. The number of hydrogen-bond donors (Lipinski definition) is 0. The van der Waals surface area contributed by atoms with E-state index in [1.54, 1.807) is 16.4 Å². The van der Waals surface area contributed by atoms with Gasteiger partial charge in [0.1, 0.15) is 6.29 Å². The van der Waals surface area contributed by atoms with E-state index < -0.39 is 32.7 Å². The Hall–Kier alpha value is -3.97. The van der Waals surface area contributed by atoms with Gasteiger partial charge in [-0.05, 0) is 73.7 Å².